The van der Waals surface area contributed by atoms with E-state index in [1.165, 1.54) is 19.4 Å². The van der Waals surface area contributed by atoms with Gasteiger partial charge in [0.2, 0.25) is 0 Å². The van der Waals surface area contributed by atoms with Crippen LogP contribution in [0.4, 0.5) is 0 Å². The number of rotatable bonds is 8. The Morgan fingerprint density at radius 1 is 1.33 bits per heavy atom. The van der Waals surface area contributed by atoms with E-state index in [1.54, 1.807) is 0 Å². The van der Waals surface area contributed by atoms with Crippen molar-refractivity contribution in [1.29, 1.82) is 0 Å². The normalized spacial score (nSPS) is 24.7. The van der Waals surface area contributed by atoms with Crippen LogP contribution in [0.15, 0.2) is 0 Å². The summed E-state index contributed by atoms with van der Waals surface area (Å²) < 4.78 is 0. The molecule has 0 aromatic heterocycles. The molecule has 0 aliphatic carbocycles. The Labute approximate surface area is 113 Å². The lowest BCUT2D eigenvalue weighted by Crippen LogP contribution is -2.47. The second kappa shape index (κ2) is 8.13. The molecular weight excluding hydrogens is 224 g/mol. The SMILES string of the molecule is CCCC(O)C(CC)N(C)CC1CCCN1CC. The number of likely N-dealkylation sites (tertiary alicyclic amines) is 1. The number of hydrogen-bond acceptors (Lipinski definition) is 3. The van der Waals surface area contributed by atoms with E-state index in [1.807, 2.05) is 0 Å². The van der Waals surface area contributed by atoms with E-state index in [0.717, 1.165) is 32.4 Å². The van der Waals surface area contributed by atoms with Gasteiger partial charge < -0.3 is 5.11 Å². The molecular formula is C15H32N2O. The first-order valence-corrected chi connectivity index (χ1v) is 7.76. The molecule has 0 amide bonds. The van der Waals surface area contributed by atoms with Gasteiger partial charge in [-0.05, 0) is 45.8 Å². The lowest BCUT2D eigenvalue weighted by molar-refractivity contribution is 0.0425. The first-order valence-electron chi connectivity index (χ1n) is 7.76. The zero-order chi connectivity index (χ0) is 13.5. The van der Waals surface area contributed by atoms with Gasteiger partial charge in [-0.2, -0.15) is 0 Å². The van der Waals surface area contributed by atoms with Gasteiger partial charge in [0.05, 0.1) is 6.10 Å². The molecule has 0 aromatic carbocycles. The van der Waals surface area contributed by atoms with Crippen LogP contribution in [0.1, 0.15) is 52.9 Å². The molecule has 3 atom stereocenters. The molecule has 0 bridgehead atoms. The molecule has 0 aromatic rings. The summed E-state index contributed by atoms with van der Waals surface area (Å²) >= 11 is 0. The van der Waals surface area contributed by atoms with Gasteiger partial charge in [0.15, 0.2) is 0 Å². The van der Waals surface area contributed by atoms with Crippen LogP contribution < -0.4 is 0 Å². The van der Waals surface area contributed by atoms with Crippen LogP contribution in [0.2, 0.25) is 0 Å². The summed E-state index contributed by atoms with van der Waals surface area (Å²) in [6.45, 7) is 10.1. The minimum atomic E-state index is -0.165. The van der Waals surface area contributed by atoms with Gasteiger partial charge >= 0.3 is 0 Å². The number of hydrogen-bond donors (Lipinski definition) is 1. The van der Waals surface area contributed by atoms with Crippen molar-refractivity contribution in [3.63, 3.8) is 0 Å². The van der Waals surface area contributed by atoms with Crippen LogP contribution in [-0.2, 0) is 0 Å². The predicted molar refractivity (Wildman–Crippen MR) is 77.9 cm³/mol. The fraction of sp³-hybridized carbons (Fsp3) is 1.00. The minimum absolute atomic E-state index is 0.165. The van der Waals surface area contributed by atoms with E-state index in [9.17, 15) is 5.11 Å². The van der Waals surface area contributed by atoms with E-state index in [2.05, 4.69) is 37.6 Å². The number of nitrogens with zero attached hydrogens (tertiary/aromatic N) is 2. The maximum absolute atomic E-state index is 10.2. The van der Waals surface area contributed by atoms with Crippen LogP contribution in [0, 0.1) is 0 Å². The quantitative estimate of drug-likeness (QED) is 0.722. The highest BCUT2D eigenvalue weighted by atomic mass is 16.3. The van der Waals surface area contributed by atoms with E-state index in [0.29, 0.717) is 12.1 Å². The molecule has 0 spiro atoms. The van der Waals surface area contributed by atoms with Crippen molar-refractivity contribution in [3.05, 3.63) is 0 Å². The standard InChI is InChI=1S/C15H32N2O/c1-5-9-15(18)14(6-2)16(4)12-13-10-8-11-17(13)7-3/h13-15,18H,5-12H2,1-4H3. The molecule has 3 nitrogen and oxygen atoms in total. The first kappa shape index (κ1) is 15.9. The summed E-state index contributed by atoms with van der Waals surface area (Å²) in [4.78, 5) is 4.97. The lowest BCUT2D eigenvalue weighted by Gasteiger charge is -2.35. The van der Waals surface area contributed by atoms with E-state index in [-0.39, 0.29) is 6.10 Å². The molecule has 3 unspecified atom stereocenters. The molecule has 1 N–H and O–H groups in total. The third kappa shape index (κ3) is 4.22. The van der Waals surface area contributed by atoms with Crippen molar-refractivity contribution < 1.29 is 5.11 Å². The Morgan fingerprint density at radius 3 is 2.61 bits per heavy atom. The van der Waals surface area contributed by atoms with Crippen LogP contribution in [0.25, 0.3) is 0 Å². The van der Waals surface area contributed by atoms with E-state index in [4.69, 9.17) is 0 Å². The summed E-state index contributed by atoms with van der Waals surface area (Å²) in [6.07, 6.45) is 5.51. The fourth-order valence-electron chi connectivity index (χ4n) is 3.35. The highest BCUT2D eigenvalue weighted by molar-refractivity contribution is 4.84. The van der Waals surface area contributed by atoms with Gasteiger partial charge in [-0.25, -0.2) is 0 Å². The molecule has 1 aliphatic heterocycles. The number of likely N-dealkylation sites (N-methyl/N-ethyl adjacent to an activating group) is 2. The molecule has 0 radical (unpaired) electrons. The molecule has 1 fully saturated rings. The maximum atomic E-state index is 10.2. The van der Waals surface area contributed by atoms with Gasteiger partial charge in [-0.15, -0.1) is 0 Å². The van der Waals surface area contributed by atoms with Gasteiger partial charge in [-0.3, -0.25) is 9.80 Å². The van der Waals surface area contributed by atoms with Crippen molar-refractivity contribution in [2.24, 2.45) is 0 Å². The van der Waals surface area contributed by atoms with Crippen molar-refractivity contribution in [2.45, 2.75) is 71.1 Å². The maximum Gasteiger partial charge on any atom is 0.0695 e. The van der Waals surface area contributed by atoms with Crippen molar-refractivity contribution in [1.82, 2.24) is 9.80 Å². The summed E-state index contributed by atoms with van der Waals surface area (Å²) in [5.41, 5.74) is 0. The highest BCUT2D eigenvalue weighted by Crippen LogP contribution is 2.20. The molecule has 1 aliphatic rings. The predicted octanol–water partition coefficient (Wildman–Crippen LogP) is 2.34. The van der Waals surface area contributed by atoms with Crippen LogP contribution >= 0.6 is 0 Å². The summed E-state index contributed by atoms with van der Waals surface area (Å²) in [6, 6.07) is 1.02. The third-order valence-electron chi connectivity index (χ3n) is 4.42. The van der Waals surface area contributed by atoms with Crippen molar-refractivity contribution in [2.75, 3.05) is 26.7 Å². The molecule has 1 heterocycles. The molecule has 108 valence electrons. The third-order valence-corrected chi connectivity index (χ3v) is 4.42. The van der Waals surface area contributed by atoms with Crippen LogP contribution in [-0.4, -0.2) is 59.8 Å². The van der Waals surface area contributed by atoms with Gasteiger partial charge in [-0.1, -0.05) is 27.2 Å². The monoisotopic (exact) mass is 256 g/mol. The minimum Gasteiger partial charge on any atom is -0.391 e. The topological polar surface area (TPSA) is 26.7 Å². The Kier molecular flexibility index (Phi) is 7.20. The van der Waals surface area contributed by atoms with Crippen LogP contribution in [0.5, 0.6) is 0 Å². The summed E-state index contributed by atoms with van der Waals surface area (Å²) in [5, 5.41) is 10.2. The van der Waals surface area contributed by atoms with E-state index < -0.39 is 0 Å². The number of aliphatic hydroxyl groups is 1. The summed E-state index contributed by atoms with van der Waals surface area (Å²) in [5.74, 6) is 0. The Hall–Kier alpha value is -0.120. The average molecular weight is 256 g/mol. The smallest absolute Gasteiger partial charge is 0.0695 e. The molecule has 18 heavy (non-hydrogen) atoms. The van der Waals surface area contributed by atoms with Gasteiger partial charge in [0, 0.05) is 18.6 Å². The van der Waals surface area contributed by atoms with Crippen molar-refractivity contribution >= 4 is 0 Å². The van der Waals surface area contributed by atoms with Crippen LogP contribution in [0.3, 0.4) is 0 Å². The van der Waals surface area contributed by atoms with Crippen molar-refractivity contribution in [3.8, 4) is 0 Å². The first-order chi connectivity index (χ1) is 8.63. The largest absolute Gasteiger partial charge is 0.391 e. The second-order valence-corrected chi connectivity index (χ2v) is 5.70. The van der Waals surface area contributed by atoms with Gasteiger partial charge in [0.25, 0.3) is 0 Å². The zero-order valence-electron chi connectivity index (χ0n) is 12.7. The summed E-state index contributed by atoms with van der Waals surface area (Å²) in [7, 11) is 2.18. The average Bonchev–Trinajstić information content (AvgIpc) is 2.77. The Balaban J connectivity index is 2.48. The highest BCUT2D eigenvalue weighted by Gasteiger charge is 2.28. The number of aliphatic hydroxyl groups excluding tert-OH is 1. The Morgan fingerprint density at radius 2 is 2.06 bits per heavy atom. The zero-order valence-corrected chi connectivity index (χ0v) is 12.7. The fourth-order valence-corrected chi connectivity index (χ4v) is 3.35. The molecule has 0 saturated carbocycles. The second-order valence-electron chi connectivity index (χ2n) is 5.70. The lowest BCUT2D eigenvalue weighted by atomic mass is 10.0. The Bertz CT molecular complexity index is 223. The van der Waals surface area contributed by atoms with E-state index >= 15 is 0 Å². The van der Waals surface area contributed by atoms with Gasteiger partial charge in [0.1, 0.15) is 0 Å². The molecule has 1 saturated heterocycles. The molecule has 3 heteroatoms. The molecule has 1 rings (SSSR count).